The second-order valence-electron chi connectivity index (χ2n) is 3.89. The second-order valence-corrected chi connectivity index (χ2v) is 4.81. The van der Waals surface area contributed by atoms with E-state index in [1.54, 1.807) is 6.33 Å². The first-order chi connectivity index (χ1) is 8.22. The standard InChI is InChI=1S/C13H14BrN3/c1-9-5-11(14)3-4-12(9)13(15-2)10-6-16-8-17-7-10/h3-8,13,15H,1-2H3. The summed E-state index contributed by atoms with van der Waals surface area (Å²) in [6, 6.07) is 6.41. The van der Waals surface area contributed by atoms with E-state index < -0.39 is 0 Å². The molecule has 1 heterocycles. The minimum Gasteiger partial charge on any atom is -0.309 e. The molecule has 0 bridgehead atoms. The van der Waals surface area contributed by atoms with Crippen LogP contribution in [-0.2, 0) is 0 Å². The van der Waals surface area contributed by atoms with Crippen molar-refractivity contribution in [3.05, 3.63) is 58.1 Å². The molecule has 88 valence electrons. The van der Waals surface area contributed by atoms with Crippen LogP contribution in [0.4, 0.5) is 0 Å². The predicted octanol–water partition coefficient (Wildman–Crippen LogP) is 2.86. The minimum atomic E-state index is 0.129. The molecule has 0 aliphatic heterocycles. The van der Waals surface area contributed by atoms with Crippen molar-refractivity contribution in [1.29, 1.82) is 0 Å². The summed E-state index contributed by atoms with van der Waals surface area (Å²) >= 11 is 3.48. The Kier molecular flexibility index (Phi) is 3.86. The molecule has 0 aliphatic carbocycles. The van der Waals surface area contributed by atoms with Crippen LogP contribution in [-0.4, -0.2) is 17.0 Å². The van der Waals surface area contributed by atoms with E-state index in [0.29, 0.717) is 0 Å². The van der Waals surface area contributed by atoms with Crippen LogP contribution in [0, 0.1) is 6.92 Å². The van der Waals surface area contributed by atoms with Crippen molar-refractivity contribution in [3.8, 4) is 0 Å². The molecule has 0 amide bonds. The van der Waals surface area contributed by atoms with E-state index in [9.17, 15) is 0 Å². The Labute approximate surface area is 109 Å². The lowest BCUT2D eigenvalue weighted by Gasteiger charge is -2.18. The highest BCUT2D eigenvalue weighted by Gasteiger charge is 2.14. The summed E-state index contributed by atoms with van der Waals surface area (Å²) < 4.78 is 1.10. The van der Waals surface area contributed by atoms with Gasteiger partial charge in [-0.1, -0.05) is 22.0 Å². The number of nitrogens with one attached hydrogen (secondary N) is 1. The van der Waals surface area contributed by atoms with E-state index in [0.717, 1.165) is 10.0 Å². The van der Waals surface area contributed by atoms with Crippen molar-refractivity contribution in [2.24, 2.45) is 0 Å². The van der Waals surface area contributed by atoms with Crippen molar-refractivity contribution in [2.45, 2.75) is 13.0 Å². The van der Waals surface area contributed by atoms with E-state index in [1.165, 1.54) is 11.1 Å². The van der Waals surface area contributed by atoms with Crippen molar-refractivity contribution < 1.29 is 0 Å². The van der Waals surface area contributed by atoms with Gasteiger partial charge in [-0.15, -0.1) is 0 Å². The second kappa shape index (κ2) is 5.38. The van der Waals surface area contributed by atoms with E-state index >= 15 is 0 Å². The zero-order chi connectivity index (χ0) is 12.3. The molecule has 0 aliphatic rings. The Hall–Kier alpha value is -1.26. The van der Waals surface area contributed by atoms with Crippen LogP contribution in [0.3, 0.4) is 0 Å². The molecule has 17 heavy (non-hydrogen) atoms. The van der Waals surface area contributed by atoms with Crippen LogP contribution in [0.25, 0.3) is 0 Å². The molecule has 4 heteroatoms. The summed E-state index contributed by atoms with van der Waals surface area (Å²) in [5.41, 5.74) is 3.55. The van der Waals surface area contributed by atoms with Crippen LogP contribution in [0.1, 0.15) is 22.7 Å². The molecule has 0 radical (unpaired) electrons. The van der Waals surface area contributed by atoms with Gasteiger partial charge in [0.1, 0.15) is 6.33 Å². The first kappa shape index (κ1) is 12.2. The molecule has 1 N–H and O–H groups in total. The van der Waals surface area contributed by atoms with Gasteiger partial charge in [0.25, 0.3) is 0 Å². The average Bonchev–Trinajstić information content (AvgIpc) is 2.34. The van der Waals surface area contributed by atoms with Gasteiger partial charge < -0.3 is 5.32 Å². The summed E-state index contributed by atoms with van der Waals surface area (Å²) in [6.45, 7) is 2.11. The van der Waals surface area contributed by atoms with Gasteiger partial charge in [-0.05, 0) is 37.2 Å². The number of aryl methyl sites for hydroxylation is 1. The molecule has 0 spiro atoms. The number of hydrogen-bond acceptors (Lipinski definition) is 3. The van der Waals surface area contributed by atoms with Gasteiger partial charge in [0.2, 0.25) is 0 Å². The zero-order valence-corrected chi connectivity index (χ0v) is 11.4. The van der Waals surface area contributed by atoms with Crippen LogP contribution in [0.15, 0.2) is 41.4 Å². The van der Waals surface area contributed by atoms with Crippen molar-refractivity contribution in [2.75, 3.05) is 7.05 Å². The van der Waals surface area contributed by atoms with E-state index in [2.05, 4.69) is 56.3 Å². The highest BCUT2D eigenvalue weighted by Crippen LogP contribution is 2.25. The van der Waals surface area contributed by atoms with E-state index in [1.807, 2.05) is 19.4 Å². The summed E-state index contributed by atoms with van der Waals surface area (Å²) in [7, 11) is 1.94. The fourth-order valence-electron chi connectivity index (χ4n) is 1.92. The maximum absolute atomic E-state index is 4.07. The molecule has 1 unspecified atom stereocenters. The fraction of sp³-hybridized carbons (Fsp3) is 0.231. The highest BCUT2D eigenvalue weighted by atomic mass is 79.9. The molecular formula is C13H14BrN3. The maximum atomic E-state index is 4.07. The maximum Gasteiger partial charge on any atom is 0.115 e. The molecule has 0 saturated carbocycles. The lowest BCUT2D eigenvalue weighted by molar-refractivity contribution is 0.680. The number of halogens is 1. The summed E-state index contributed by atoms with van der Waals surface area (Å²) in [6.07, 6.45) is 5.23. The van der Waals surface area contributed by atoms with Gasteiger partial charge >= 0.3 is 0 Å². The van der Waals surface area contributed by atoms with Crippen LogP contribution < -0.4 is 5.32 Å². The van der Waals surface area contributed by atoms with Crippen LogP contribution in [0.2, 0.25) is 0 Å². The lowest BCUT2D eigenvalue weighted by atomic mass is 9.97. The summed E-state index contributed by atoms with van der Waals surface area (Å²) in [5.74, 6) is 0. The first-order valence-electron chi connectivity index (χ1n) is 5.40. The van der Waals surface area contributed by atoms with Gasteiger partial charge in [0.15, 0.2) is 0 Å². The molecule has 2 aromatic rings. The normalized spacial score (nSPS) is 12.4. The van der Waals surface area contributed by atoms with Gasteiger partial charge in [-0.25, -0.2) is 9.97 Å². The topological polar surface area (TPSA) is 37.8 Å². The number of nitrogens with zero attached hydrogens (tertiary/aromatic N) is 2. The van der Waals surface area contributed by atoms with Crippen molar-refractivity contribution >= 4 is 15.9 Å². The molecule has 0 saturated heterocycles. The Balaban J connectivity index is 2.42. The Bertz CT molecular complexity index is 499. The Morgan fingerprint density at radius 3 is 2.53 bits per heavy atom. The number of benzene rings is 1. The van der Waals surface area contributed by atoms with Crippen LogP contribution >= 0.6 is 15.9 Å². The molecule has 1 atom stereocenters. The van der Waals surface area contributed by atoms with E-state index in [4.69, 9.17) is 0 Å². The largest absolute Gasteiger partial charge is 0.309 e. The number of hydrogen-bond donors (Lipinski definition) is 1. The first-order valence-corrected chi connectivity index (χ1v) is 6.20. The molecular weight excluding hydrogens is 278 g/mol. The van der Waals surface area contributed by atoms with Crippen molar-refractivity contribution in [3.63, 3.8) is 0 Å². The summed E-state index contributed by atoms with van der Waals surface area (Å²) in [4.78, 5) is 8.13. The summed E-state index contributed by atoms with van der Waals surface area (Å²) in [5, 5.41) is 3.30. The lowest BCUT2D eigenvalue weighted by Crippen LogP contribution is -2.19. The third kappa shape index (κ3) is 2.70. The molecule has 1 aromatic heterocycles. The monoisotopic (exact) mass is 291 g/mol. The molecule has 0 fully saturated rings. The van der Waals surface area contributed by atoms with E-state index in [-0.39, 0.29) is 6.04 Å². The van der Waals surface area contributed by atoms with Crippen molar-refractivity contribution in [1.82, 2.24) is 15.3 Å². The Morgan fingerprint density at radius 2 is 1.94 bits per heavy atom. The average molecular weight is 292 g/mol. The Morgan fingerprint density at radius 1 is 1.24 bits per heavy atom. The third-order valence-electron chi connectivity index (χ3n) is 2.75. The quantitative estimate of drug-likeness (QED) is 0.945. The van der Waals surface area contributed by atoms with Gasteiger partial charge in [0.05, 0.1) is 6.04 Å². The van der Waals surface area contributed by atoms with Gasteiger partial charge in [-0.2, -0.15) is 0 Å². The number of aromatic nitrogens is 2. The van der Waals surface area contributed by atoms with Crippen LogP contribution in [0.5, 0.6) is 0 Å². The predicted molar refractivity (Wildman–Crippen MR) is 71.8 cm³/mol. The fourth-order valence-corrected chi connectivity index (χ4v) is 2.40. The SMILES string of the molecule is CNC(c1cncnc1)c1ccc(Br)cc1C. The molecule has 3 nitrogen and oxygen atoms in total. The zero-order valence-electron chi connectivity index (χ0n) is 9.81. The number of rotatable bonds is 3. The highest BCUT2D eigenvalue weighted by molar-refractivity contribution is 9.10. The molecule has 2 rings (SSSR count). The third-order valence-corrected chi connectivity index (χ3v) is 3.24. The smallest absolute Gasteiger partial charge is 0.115 e. The van der Waals surface area contributed by atoms with Gasteiger partial charge in [-0.3, -0.25) is 0 Å². The minimum absolute atomic E-state index is 0.129. The molecule has 1 aromatic carbocycles. The van der Waals surface area contributed by atoms with Gasteiger partial charge in [0, 0.05) is 22.4 Å².